The monoisotopic (exact) mass is 294 g/mol. The van der Waals surface area contributed by atoms with Gasteiger partial charge in [0.2, 0.25) is 5.82 Å². The molecule has 0 spiro atoms. The van der Waals surface area contributed by atoms with E-state index in [0.29, 0.717) is 10.7 Å². The smallest absolute Gasteiger partial charge is 0.305 e. The first-order valence-electron chi connectivity index (χ1n) is 5.48. The van der Waals surface area contributed by atoms with Gasteiger partial charge in [-0.25, -0.2) is 0 Å². The van der Waals surface area contributed by atoms with Crippen molar-refractivity contribution in [1.82, 2.24) is 0 Å². The Morgan fingerprint density at radius 2 is 2.00 bits per heavy atom. The number of rotatable bonds is 3. The van der Waals surface area contributed by atoms with Crippen LogP contribution in [0.3, 0.4) is 0 Å². The fourth-order valence-electron chi connectivity index (χ4n) is 1.56. The molecule has 0 aliphatic carbocycles. The summed E-state index contributed by atoms with van der Waals surface area (Å²) in [5, 5.41) is 13.6. The van der Waals surface area contributed by atoms with Crippen molar-refractivity contribution in [2.24, 2.45) is 0 Å². The molecule has 0 unspecified atom stereocenters. The lowest BCUT2D eigenvalue weighted by Gasteiger charge is -2.05. The number of nitro groups is 1. The summed E-state index contributed by atoms with van der Waals surface area (Å²) in [5.41, 5.74) is -0.323. The predicted molar refractivity (Wildman–Crippen MR) is 72.5 cm³/mol. The zero-order chi connectivity index (χ0) is 14.7. The lowest BCUT2D eigenvalue weighted by atomic mass is 10.1. The predicted octanol–water partition coefficient (Wildman–Crippen LogP) is 3.64. The van der Waals surface area contributed by atoms with E-state index in [1.807, 2.05) is 0 Å². The molecule has 0 heterocycles. The van der Waals surface area contributed by atoms with E-state index in [-0.39, 0.29) is 5.56 Å². The van der Waals surface area contributed by atoms with Crippen molar-refractivity contribution in [3.8, 4) is 0 Å². The van der Waals surface area contributed by atoms with Crippen LogP contribution in [0.25, 0.3) is 0 Å². The van der Waals surface area contributed by atoms with Crippen molar-refractivity contribution in [1.29, 1.82) is 0 Å². The summed E-state index contributed by atoms with van der Waals surface area (Å²) in [7, 11) is 0. The van der Waals surface area contributed by atoms with Crippen LogP contribution in [0.4, 0.5) is 15.8 Å². The molecule has 102 valence electrons. The number of amides is 1. The minimum atomic E-state index is -0.991. The first-order chi connectivity index (χ1) is 9.47. The Morgan fingerprint density at radius 1 is 1.25 bits per heavy atom. The third-order valence-electron chi connectivity index (χ3n) is 2.49. The van der Waals surface area contributed by atoms with Crippen molar-refractivity contribution in [2.75, 3.05) is 5.32 Å². The van der Waals surface area contributed by atoms with Crippen LogP contribution in [0.1, 0.15) is 10.4 Å². The average Bonchev–Trinajstić information content (AvgIpc) is 2.38. The summed E-state index contributed by atoms with van der Waals surface area (Å²) in [5.74, 6) is -1.58. The molecule has 5 nitrogen and oxygen atoms in total. The Kier molecular flexibility index (Phi) is 3.95. The van der Waals surface area contributed by atoms with E-state index in [2.05, 4.69) is 5.32 Å². The standard InChI is InChI=1S/C13H8ClFN2O3/c14-9-2-1-3-10(7-9)16-13(18)8-4-5-11(15)12(6-8)17(19)20/h1-7H,(H,16,18). The average molecular weight is 295 g/mol. The molecular formula is C13H8ClFN2O3. The summed E-state index contributed by atoms with van der Waals surface area (Å²) in [6, 6.07) is 9.35. The molecule has 0 aliphatic rings. The minimum absolute atomic E-state index is 0.0157. The second-order valence-corrected chi connectivity index (χ2v) is 4.32. The van der Waals surface area contributed by atoms with Crippen LogP contribution in [0.2, 0.25) is 5.02 Å². The van der Waals surface area contributed by atoms with Crippen molar-refractivity contribution >= 4 is 28.9 Å². The third-order valence-corrected chi connectivity index (χ3v) is 2.72. The Labute approximate surface area is 118 Å². The molecule has 2 aromatic rings. The van der Waals surface area contributed by atoms with Gasteiger partial charge in [-0.15, -0.1) is 0 Å². The molecule has 2 aromatic carbocycles. The van der Waals surface area contributed by atoms with E-state index in [0.717, 1.165) is 12.1 Å². The minimum Gasteiger partial charge on any atom is -0.322 e. The highest BCUT2D eigenvalue weighted by molar-refractivity contribution is 6.30. The SMILES string of the molecule is O=C(Nc1cccc(Cl)c1)c1ccc(F)c([N+](=O)[O-])c1. The van der Waals surface area contributed by atoms with Crippen LogP contribution < -0.4 is 5.32 Å². The number of nitro benzene ring substituents is 1. The van der Waals surface area contributed by atoms with Gasteiger partial charge in [0.25, 0.3) is 5.91 Å². The maximum absolute atomic E-state index is 13.2. The highest BCUT2D eigenvalue weighted by Crippen LogP contribution is 2.20. The van der Waals surface area contributed by atoms with E-state index in [1.165, 1.54) is 12.1 Å². The number of carbonyl (C=O) groups excluding carboxylic acids is 1. The fraction of sp³-hybridized carbons (Fsp3) is 0. The number of anilines is 1. The van der Waals surface area contributed by atoms with Gasteiger partial charge in [-0.1, -0.05) is 17.7 Å². The number of hydrogen-bond acceptors (Lipinski definition) is 3. The summed E-state index contributed by atoms with van der Waals surface area (Å²) >= 11 is 5.77. The highest BCUT2D eigenvalue weighted by atomic mass is 35.5. The van der Waals surface area contributed by atoms with Gasteiger partial charge in [0.1, 0.15) is 0 Å². The third kappa shape index (κ3) is 3.10. The lowest BCUT2D eigenvalue weighted by molar-refractivity contribution is -0.387. The van der Waals surface area contributed by atoms with Gasteiger partial charge in [-0.3, -0.25) is 14.9 Å². The maximum atomic E-state index is 13.2. The van der Waals surface area contributed by atoms with Crippen molar-refractivity contribution < 1.29 is 14.1 Å². The molecule has 7 heteroatoms. The van der Waals surface area contributed by atoms with E-state index in [9.17, 15) is 19.3 Å². The van der Waals surface area contributed by atoms with E-state index >= 15 is 0 Å². The van der Waals surface area contributed by atoms with Crippen molar-refractivity contribution in [3.05, 3.63) is 69.0 Å². The van der Waals surface area contributed by atoms with Crippen molar-refractivity contribution in [3.63, 3.8) is 0 Å². The van der Waals surface area contributed by atoms with Gasteiger partial charge in [0.05, 0.1) is 4.92 Å². The molecular weight excluding hydrogens is 287 g/mol. The van der Waals surface area contributed by atoms with Gasteiger partial charge in [0.15, 0.2) is 0 Å². The van der Waals surface area contributed by atoms with E-state index in [4.69, 9.17) is 11.6 Å². The summed E-state index contributed by atoms with van der Waals surface area (Å²) in [4.78, 5) is 21.6. The number of halogens is 2. The van der Waals surface area contributed by atoms with Gasteiger partial charge in [-0.05, 0) is 30.3 Å². The molecule has 0 aromatic heterocycles. The molecule has 0 atom stereocenters. The van der Waals surface area contributed by atoms with Gasteiger partial charge in [0, 0.05) is 22.3 Å². The van der Waals surface area contributed by atoms with Crippen LogP contribution in [0.5, 0.6) is 0 Å². The largest absolute Gasteiger partial charge is 0.322 e. The molecule has 0 saturated heterocycles. The zero-order valence-electron chi connectivity index (χ0n) is 9.97. The second kappa shape index (κ2) is 5.66. The normalized spacial score (nSPS) is 10.1. The molecule has 1 amide bonds. The number of hydrogen-bond donors (Lipinski definition) is 1. The van der Waals surface area contributed by atoms with E-state index in [1.54, 1.807) is 18.2 Å². The molecule has 0 saturated carbocycles. The molecule has 0 fully saturated rings. The fourth-order valence-corrected chi connectivity index (χ4v) is 1.75. The van der Waals surface area contributed by atoms with Crippen LogP contribution >= 0.6 is 11.6 Å². The van der Waals surface area contributed by atoms with Crippen LogP contribution in [-0.4, -0.2) is 10.8 Å². The Morgan fingerprint density at radius 3 is 2.65 bits per heavy atom. The molecule has 0 radical (unpaired) electrons. The van der Waals surface area contributed by atoms with Gasteiger partial charge < -0.3 is 5.32 Å². The van der Waals surface area contributed by atoms with Gasteiger partial charge in [-0.2, -0.15) is 4.39 Å². The van der Waals surface area contributed by atoms with Gasteiger partial charge >= 0.3 is 5.69 Å². The Balaban J connectivity index is 2.26. The topological polar surface area (TPSA) is 72.2 Å². The summed E-state index contributed by atoms with van der Waals surface area (Å²) < 4.78 is 13.2. The quantitative estimate of drug-likeness (QED) is 0.694. The number of carbonyl (C=O) groups is 1. The molecule has 0 bridgehead atoms. The van der Waals surface area contributed by atoms with Crippen LogP contribution in [-0.2, 0) is 0 Å². The zero-order valence-corrected chi connectivity index (χ0v) is 10.7. The summed E-state index contributed by atoms with van der Waals surface area (Å²) in [6.45, 7) is 0. The first-order valence-corrected chi connectivity index (χ1v) is 5.86. The Hall–Kier alpha value is -2.47. The first kappa shape index (κ1) is 14.0. The van der Waals surface area contributed by atoms with Crippen molar-refractivity contribution in [2.45, 2.75) is 0 Å². The molecule has 1 N–H and O–H groups in total. The van der Waals surface area contributed by atoms with Crippen LogP contribution in [0.15, 0.2) is 42.5 Å². The Bertz CT molecular complexity index is 691. The number of nitrogens with zero attached hydrogens (tertiary/aromatic N) is 1. The highest BCUT2D eigenvalue weighted by Gasteiger charge is 2.17. The summed E-state index contributed by atoms with van der Waals surface area (Å²) in [6.07, 6.45) is 0. The number of nitrogens with one attached hydrogen (secondary N) is 1. The second-order valence-electron chi connectivity index (χ2n) is 3.89. The maximum Gasteiger partial charge on any atom is 0.305 e. The molecule has 20 heavy (non-hydrogen) atoms. The molecule has 2 rings (SSSR count). The molecule has 0 aliphatic heterocycles. The lowest BCUT2D eigenvalue weighted by Crippen LogP contribution is -2.12. The number of benzene rings is 2. The van der Waals surface area contributed by atoms with E-state index < -0.39 is 22.3 Å². The van der Waals surface area contributed by atoms with Crippen LogP contribution in [0, 0.1) is 15.9 Å².